The van der Waals surface area contributed by atoms with Gasteiger partial charge in [0.05, 0.1) is 11.8 Å². The van der Waals surface area contributed by atoms with Crippen LogP contribution in [0.25, 0.3) is 6.08 Å². The molecule has 0 radical (unpaired) electrons. The fourth-order valence-corrected chi connectivity index (χ4v) is 2.99. The number of hydrogen-bond acceptors (Lipinski definition) is 5. The summed E-state index contributed by atoms with van der Waals surface area (Å²) in [5, 5.41) is 0. The minimum Gasteiger partial charge on any atom is -0.352 e. The molecule has 6 heteroatoms. The summed E-state index contributed by atoms with van der Waals surface area (Å²) in [6.07, 6.45) is 14.7. The van der Waals surface area contributed by atoms with Gasteiger partial charge in [0, 0.05) is 19.3 Å². The van der Waals surface area contributed by atoms with Crippen LogP contribution in [0.3, 0.4) is 0 Å². The molecular weight excluding hydrogens is 309 g/mol. The summed E-state index contributed by atoms with van der Waals surface area (Å²) in [4.78, 5) is 19.7. The summed E-state index contributed by atoms with van der Waals surface area (Å²) in [6, 6.07) is 2.28. The Balaban J connectivity index is 0.000000417. The lowest BCUT2D eigenvalue weighted by Crippen LogP contribution is -2.37. The zero-order valence-electron chi connectivity index (χ0n) is 13.7. The van der Waals surface area contributed by atoms with Crippen LogP contribution in [0.15, 0.2) is 31.0 Å². The van der Waals surface area contributed by atoms with Gasteiger partial charge in [-0.1, -0.05) is 18.7 Å². The van der Waals surface area contributed by atoms with Crippen molar-refractivity contribution >= 4 is 21.1 Å². The predicted octanol–water partition coefficient (Wildman–Crippen LogP) is 3.72. The van der Waals surface area contributed by atoms with Gasteiger partial charge in [-0.3, -0.25) is 0 Å². The van der Waals surface area contributed by atoms with E-state index >= 15 is 0 Å². The highest BCUT2D eigenvalue weighted by molar-refractivity contribution is 7.25. The number of allylic oxidation sites excluding steroid dienone is 2. The molecule has 0 aliphatic heterocycles. The van der Waals surface area contributed by atoms with Crippen LogP contribution >= 0.6 is 9.03 Å². The quantitative estimate of drug-likeness (QED) is 0.656. The van der Waals surface area contributed by atoms with E-state index in [4.69, 9.17) is 9.42 Å². The number of rotatable bonds is 5. The molecule has 1 unspecified atom stereocenters. The lowest BCUT2D eigenvalue weighted by Gasteiger charge is -2.34. The van der Waals surface area contributed by atoms with Crippen LogP contribution in [0.1, 0.15) is 44.2 Å². The molecule has 2 aliphatic carbocycles. The van der Waals surface area contributed by atoms with Crippen molar-refractivity contribution in [2.45, 2.75) is 50.7 Å². The molecule has 2 aliphatic rings. The average molecular weight is 335 g/mol. The van der Waals surface area contributed by atoms with Crippen LogP contribution in [0.4, 0.5) is 5.95 Å². The van der Waals surface area contributed by atoms with Crippen LogP contribution < -0.4 is 4.90 Å². The smallest absolute Gasteiger partial charge is 0.225 e. The van der Waals surface area contributed by atoms with Crippen LogP contribution in [0, 0.1) is 0 Å². The zero-order chi connectivity index (χ0) is 16.5. The maximum absolute atomic E-state index is 8.80. The van der Waals surface area contributed by atoms with Gasteiger partial charge in [-0.05, 0) is 50.7 Å². The largest absolute Gasteiger partial charge is 0.352 e. The third-order valence-corrected chi connectivity index (χ3v) is 4.71. The Morgan fingerprint density at radius 3 is 2.48 bits per heavy atom. The van der Waals surface area contributed by atoms with E-state index in [1.54, 1.807) is 12.3 Å². The SMILES string of the molecule is C1=CCC1.C=Cc1ccnc(N(C)C2CCC(OPO)CC2)n1. The molecule has 1 atom stereocenters. The van der Waals surface area contributed by atoms with E-state index in [9.17, 15) is 0 Å². The first-order chi connectivity index (χ1) is 11.2. The molecule has 1 aromatic heterocycles. The highest BCUT2D eigenvalue weighted by Crippen LogP contribution is 2.29. The van der Waals surface area contributed by atoms with Gasteiger partial charge in [0.2, 0.25) is 5.95 Å². The number of hydrogen-bond donors (Lipinski definition) is 1. The summed E-state index contributed by atoms with van der Waals surface area (Å²) >= 11 is 0. The normalized spacial score (nSPS) is 23.0. The van der Waals surface area contributed by atoms with Gasteiger partial charge in [-0.2, -0.15) is 0 Å². The third kappa shape index (κ3) is 5.69. The standard InChI is InChI=1S/C13H20N3O2P.C4H6/c1-3-10-8-9-14-13(15-10)16(2)11-4-6-12(7-5-11)18-19-17;1-2-4-3-1/h3,8-9,11-12,17,19H,1,4-7H2,2H3;1-2H,3-4H2. The molecule has 0 spiro atoms. The van der Waals surface area contributed by atoms with Crippen molar-refractivity contribution in [2.24, 2.45) is 0 Å². The first-order valence-electron chi connectivity index (χ1n) is 8.12. The topological polar surface area (TPSA) is 58.5 Å². The Bertz CT molecular complexity index is 510. The molecule has 0 saturated heterocycles. The second kappa shape index (κ2) is 9.76. The van der Waals surface area contributed by atoms with E-state index < -0.39 is 9.03 Å². The van der Waals surface area contributed by atoms with Gasteiger partial charge in [0.25, 0.3) is 0 Å². The molecule has 1 heterocycles. The summed E-state index contributed by atoms with van der Waals surface area (Å²) in [6.45, 7) is 3.73. The van der Waals surface area contributed by atoms with Crippen LogP contribution in [0.5, 0.6) is 0 Å². The van der Waals surface area contributed by atoms with Gasteiger partial charge in [0.15, 0.2) is 9.03 Å². The van der Waals surface area contributed by atoms with E-state index in [1.165, 1.54) is 12.8 Å². The van der Waals surface area contributed by atoms with E-state index in [0.717, 1.165) is 37.3 Å². The number of aromatic nitrogens is 2. The summed E-state index contributed by atoms with van der Waals surface area (Å²) in [5.74, 6) is 0.741. The molecule has 0 aromatic carbocycles. The molecule has 1 saturated carbocycles. The van der Waals surface area contributed by atoms with Crippen molar-refractivity contribution in [3.8, 4) is 0 Å². The molecule has 3 rings (SSSR count). The number of anilines is 1. The minimum atomic E-state index is -0.403. The van der Waals surface area contributed by atoms with Crippen LogP contribution in [-0.2, 0) is 4.52 Å². The average Bonchev–Trinajstić information content (AvgIpc) is 2.54. The fourth-order valence-electron chi connectivity index (χ4n) is 2.60. The van der Waals surface area contributed by atoms with E-state index in [1.807, 2.05) is 13.1 Å². The van der Waals surface area contributed by atoms with Crippen molar-refractivity contribution in [2.75, 3.05) is 11.9 Å². The molecule has 126 valence electrons. The van der Waals surface area contributed by atoms with Gasteiger partial charge in [0.1, 0.15) is 0 Å². The molecule has 5 nitrogen and oxygen atoms in total. The third-order valence-electron chi connectivity index (χ3n) is 4.27. The maximum atomic E-state index is 8.80. The summed E-state index contributed by atoms with van der Waals surface area (Å²) in [7, 11) is 1.63. The van der Waals surface area contributed by atoms with Crippen molar-refractivity contribution < 1.29 is 9.42 Å². The lowest BCUT2D eigenvalue weighted by molar-refractivity contribution is 0.155. The van der Waals surface area contributed by atoms with Crippen LogP contribution in [-0.4, -0.2) is 34.1 Å². The van der Waals surface area contributed by atoms with Gasteiger partial charge in [-0.15, -0.1) is 0 Å². The second-order valence-electron chi connectivity index (χ2n) is 5.78. The Kier molecular flexibility index (Phi) is 7.66. The Morgan fingerprint density at radius 2 is 1.96 bits per heavy atom. The second-order valence-corrected chi connectivity index (χ2v) is 6.20. The van der Waals surface area contributed by atoms with Crippen molar-refractivity contribution in [3.05, 3.63) is 36.7 Å². The highest BCUT2D eigenvalue weighted by atomic mass is 31.1. The van der Waals surface area contributed by atoms with Crippen molar-refractivity contribution in [1.82, 2.24) is 9.97 Å². The first kappa shape index (κ1) is 18.1. The predicted molar refractivity (Wildman–Crippen MR) is 96.6 cm³/mol. The fraction of sp³-hybridized carbons (Fsp3) is 0.529. The van der Waals surface area contributed by atoms with Gasteiger partial charge in [-0.25, -0.2) is 9.97 Å². The van der Waals surface area contributed by atoms with E-state index in [0.29, 0.717) is 6.04 Å². The molecule has 0 bridgehead atoms. The van der Waals surface area contributed by atoms with Crippen LogP contribution in [0.2, 0.25) is 0 Å². The molecule has 0 amide bonds. The van der Waals surface area contributed by atoms with Crippen molar-refractivity contribution in [1.29, 1.82) is 0 Å². The number of nitrogens with zero attached hydrogens (tertiary/aromatic N) is 3. The van der Waals surface area contributed by atoms with Crippen molar-refractivity contribution in [3.63, 3.8) is 0 Å². The maximum Gasteiger partial charge on any atom is 0.225 e. The van der Waals surface area contributed by atoms with E-state index in [-0.39, 0.29) is 6.10 Å². The van der Waals surface area contributed by atoms with Gasteiger partial charge >= 0.3 is 0 Å². The molecule has 1 aromatic rings. The monoisotopic (exact) mass is 335 g/mol. The molecular formula is C17H26N3O2P. The Morgan fingerprint density at radius 1 is 1.30 bits per heavy atom. The molecule has 1 N–H and O–H groups in total. The van der Waals surface area contributed by atoms with E-state index in [2.05, 4.69) is 33.6 Å². The van der Waals surface area contributed by atoms with Gasteiger partial charge < -0.3 is 14.3 Å². The first-order valence-corrected chi connectivity index (χ1v) is 8.98. The Hall–Kier alpha value is -1.29. The molecule has 1 fully saturated rings. The Labute approximate surface area is 140 Å². The molecule has 23 heavy (non-hydrogen) atoms. The summed E-state index contributed by atoms with van der Waals surface area (Å²) in [5.41, 5.74) is 0.843. The lowest BCUT2D eigenvalue weighted by atomic mass is 9.92. The summed E-state index contributed by atoms with van der Waals surface area (Å²) < 4.78 is 5.27. The highest BCUT2D eigenvalue weighted by Gasteiger charge is 2.25. The zero-order valence-corrected chi connectivity index (χ0v) is 14.7. The minimum absolute atomic E-state index is 0.202.